The zero-order valence-electron chi connectivity index (χ0n) is 18.1. The molecule has 0 spiro atoms. The number of rotatable bonds is 3. The molecule has 1 heterocycles. The van der Waals surface area contributed by atoms with Gasteiger partial charge in [-0.25, -0.2) is 0 Å². The highest BCUT2D eigenvalue weighted by molar-refractivity contribution is 6.01. The molecular weight excluding hydrogens is 380 g/mol. The Kier molecular flexibility index (Phi) is 5.11. The lowest BCUT2D eigenvalue weighted by molar-refractivity contribution is -0.116. The zero-order valence-corrected chi connectivity index (χ0v) is 18.1. The summed E-state index contributed by atoms with van der Waals surface area (Å²) in [5.41, 5.74) is 7.64. The minimum atomic E-state index is -0.156. The molecule has 31 heavy (non-hydrogen) atoms. The van der Waals surface area contributed by atoms with Crippen LogP contribution in [0.1, 0.15) is 61.3 Å². The number of Topliss-reactive ketones (excluding diaryl/α,β-unsaturated/α-hetero) is 1. The lowest BCUT2D eigenvalue weighted by Gasteiger charge is -2.30. The number of hydrogen-bond donors (Lipinski definition) is 2. The van der Waals surface area contributed by atoms with Gasteiger partial charge < -0.3 is 10.6 Å². The Morgan fingerprint density at radius 3 is 2.16 bits per heavy atom. The first-order valence-corrected chi connectivity index (χ1v) is 11.1. The third kappa shape index (κ3) is 3.76. The molecule has 2 aliphatic rings. The number of carbonyl (C=O) groups is 1. The van der Waals surface area contributed by atoms with E-state index in [4.69, 9.17) is 0 Å². The minimum Gasteiger partial charge on any atom is -0.372 e. The third-order valence-electron chi connectivity index (χ3n) is 6.52. The van der Waals surface area contributed by atoms with Crippen LogP contribution < -0.4 is 10.6 Å². The molecule has 3 aromatic carbocycles. The van der Waals surface area contributed by atoms with Crippen LogP contribution in [0, 0.1) is 0 Å². The summed E-state index contributed by atoms with van der Waals surface area (Å²) < 4.78 is 0. The molecule has 0 bridgehead atoms. The normalized spacial score (nSPS) is 20.4. The van der Waals surface area contributed by atoms with Gasteiger partial charge in [0, 0.05) is 17.7 Å². The fourth-order valence-corrected chi connectivity index (χ4v) is 4.78. The molecule has 1 aliphatic heterocycles. The van der Waals surface area contributed by atoms with E-state index in [0.717, 1.165) is 34.6 Å². The number of benzene rings is 3. The molecule has 5 rings (SSSR count). The molecule has 3 aromatic rings. The lowest BCUT2D eigenvalue weighted by Crippen LogP contribution is -2.26. The molecule has 0 saturated carbocycles. The van der Waals surface area contributed by atoms with Gasteiger partial charge in [0.25, 0.3) is 0 Å². The van der Waals surface area contributed by atoms with Gasteiger partial charge in [-0.15, -0.1) is 0 Å². The average molecular weight is 409 g/mol. The number of hydrogen-bond acceptors (Lipinski definition) is 3. The Bertz CT molecular complexity index is 1130. The summed E-state index contributed by atoms with van der Waals surface area (Å²) in [6, 6.07) is 27.2. The van der Waals surface area contributed by atoms with Crippen LogP contribution in [0.15, 0.2) is 90.1 Å². The molecule has 3 heteroatoms. The summed E-state index contributed by atoms with van der Waals surface area (Å²) in [5.74, 6) is 0.909. The quantitative estimate of drug-likeness (QED) is 0.501. The van der Waals surface area contributed by atoms with Gasteiger partial charge in [-0.1, -0.05) is 80.6 Å². The maximum Gasteiger partial charge on any atom is 0.163 e. The van der Waals surface area contributed by atoms with Crippen LogP contribution >= 0.6 is 0 Å². The maximum absolute atomic E-state index is 13.5. The second kappa shape index (κ2) is 8.07. The van der Waals surface area contributed by atoms with Crippen molar-refractivity contribution in [3.63, 3.8) is 0 Å². The highest BCUT2D eigenvalue weighted by atomic mass is 16.1. The molecule has 0 aromatic heterocycles. The molecule has 0 fully saturated rings. The first kappa shape index (κ1) is 19.6. The van der Waals surface area contributed by atoms with Crippen LogP contribution in [0.5, 0.6) is 0 Å². The second-order valence-electron chi connectivity index (χ2n) is 8.90. The summed E-state index contributed by atoms with van der Waals surface area (Å²) >= 11 is 0. The predicted molar refractivity (Wildman–Crippen MR) is 127 cm³/mol. The molecule has 3 nitrogen and oxygen atoms in total. The minimum absolute atomic E-state index is 0.156. The third-order valence-corrected chi connectivity index (χ3v) is 6.52. The number of anilines is 2. The zero-order chi connectivity index (χ0) is 21.4. The van der Waals surface area contributed by atoms with Crippen molar-refractivity contribution in [2.24, 2.45) is 0 Å². The number of carbonyl (C=O) groups excluding carboxylic acids is 1. The highest BCUT2D eigenvalue weighted by Gasteiger charge is 2.35. The molecule has 2 N–H and O–H groups in total. The number of para-hydroxylation sites is 2. The smallest absolute Gasteiger partial charge is 0.163 e. The van der Waals surface area contributed by atoms with E-state index in [1.165, 1.54) is 11.1 Å². The second-order valence-corrected chi connectivity index (χ2v) is 8.90. The van der Waals surface area contributed by atoms with Crippen molar-refractivity contribution in [3.8, 4) is 0 Å². The number of allylic oxidation sites excluding steroid dienone is 1. The summed E-state index contributed by atoms with van der Waals surface area (Å²) in [6.07, 6.45) is 1.38. The largest absolute Gasteiger partial charge is 0.372 e. The monoisotopic (exact) mass is 408 g/mol. The van der Waals surface area contributed by atoms with E-state index in [9.17, 15) is 4.79 Å². The van der Waals surface area contributed by atoms with E-state index in [0.29, 0.717) is 12.3 Å². The van der Waals surface area contributed by atoms with Crippen LogP contribution in [0.3, 0.4) is 0 Å². The van der Waals surface area contributed by atoms with E-state index in [1.807, 2.05) is 18.2 Å². The molecular formula is C28H28N2O. The van der Waals surface area contributed by atoms with Crippen molar-refractivity contribution >= 4 is 17.2 Å². The summed E-state index contributed by atoms with van der Waals surface area (Å²) in [5, 5.41) is 7.28. The summed E-state index contributed by atoms with van der Waals surface area (Å²) in [7, 11) is 0. The van der Waals surface area contributed by atoms with E-state index >= 15 is 0 Å². The van der Waals surface area contributed by atoms with E-state index in [1.54, 1.807) is 0 Å². The number of ketones is 1. The van der Waals surface area contributed by atoms with Gasteiger partial charge in [0.2, 0.25) is 0 Å². The maximum atomic E-state index is 13.5. The van der Waals surface area contributed by atoms with E-state index in [2.05, 4.69) is 85.1 Å². The molecule has 0 saturated heterocycles. The Hall–Kier alpha value is -3.33. The Morgan fingerprint density at radius 1 is 0.774 bits per heavy atom. The van der Waals surface area contributed by atoms with Gasteiger partial charge in [-0.05, 0) is 47.1 Å². The van der Waals surface area contributed by atoms with Crippen LogP contribution in [0.4, 0.5) is 11.4 Å². The first-order valence-electron chi connectivity index (χ1n) is 11.1. The molecule has 0 amide bonds. The fourth-order valence-electron chi connectivity index (χ4n) is 4.78. The van der Waals surface area contributed by atoms with Gasteiger partial charge in [-0.3, -0.25) is 4.79 Å². The van der Waals surface area contributed by atoms with E-state index in [-0.39, 0.29) is 17.7 Å². The molecule has 0 radical (unpaired) electrons. The number of fused-ring (bicyclic) bond motifs is 1. The van der Waals surface area contributed by atoms with Crippen molar-refractivity contribution in [2.75, 3.05) is 10.6 Å². The van der Waals surface area contributed by atoms with Crippen molar-refractivity contribution in [1.82, 2.24) is 0 Å². The van der Waals surface area contributed by atoms with Crippen LogP contribution in [0.25, 0.3) is 0 Å². The molecule has 156 valence electrons. The van der Waals surface area contributed by atoms with Gasteiger partial charge in [0.15, 0.2) is 5.78 Å². The highest BCUT2D eigenvalue weighted by Crippen LogP contribution is 2.44. The van der Waals surface area contributed by atoms with Crippen molar-refractivity contribution in [3.05, 3.63) is 107 Å². The van der Waals surface area contributed by atoms with Gasteiger partial charge in [-0.2, -0.15) is 0 Å². The van der Waals surface area contributed by atoms with Gasteiger partial charge in [0.05, 0.1) is 17.4 Å². The number of nitrogens with one attached hydrogen (secondary N) is 2. The molecule has 2 atom stereocenters. The lowest BCUT2D eigenvalue weighted by atomic mass is 9.78. The predicted octanol–water partition coefficient (Wildman–Crippen LogP) is 6.79. The van der Waals surface area contributed by atoms with Crippen molar-refractivity contribution < 1.29 is 4.79 Å². The molecule has 0 unspecified atom stereocenters. The summed E-state index contributed by atoms with van der Waals surface area (Å²) in [4.78, 5) is 13.5. The van der Waals surface area contributed by atoms with Gasteiger partial charge >= 0.3 is 0 Å². The average Bonchev–Trinajstić information content (AvgIpc) is 2.96. The summed E-state index contributed by atoms with van der Waals surface area (Å²) in [6.45, 7) is 4.40. The topological polar surface area (TPSA) is 41.1 Å². The van der Waals surface area contributed by atoms with Crippen molar-refractivity contribution in [2.45, 2.75) is 44.6 Å². The van der Waals surface area contributed by atoms with Gasteiger partial charge in [0.1, 0.15) is 0 Å². The molecule has 1 aliphatic carbocycles. The Labute approximate surface area is 184 Å². The van der Waals surface area contributed by atoms with E-state index < -0.39 is 0 Å². The first-order chi connectivity index (χ1) is 15.1. The van der Waals surface area contributed by atoms with Crippen LogP contribution in [-0.4, -0.2) is 5.78 Å². The standard InChI is InChI=1S/C28H28N2O/c1-18(2)19-12-14-21(15-13-19)28-27-25(29-23-10-6-7-11-24(23)30-28)16-22(17-26(27)31)20-8-4-3-5-9-20/h3-15,18,22,28-30H,16-17H2,1-2H3/t22-,28+/m1/s1. The van der Waals surface area contributed by atoms with Crippen LogP contribution in [-0.2, 0) is 4.79 Å². The Balaban J connectivity index is 1.59. The Morgan fingerprint density at radius 2 is 1.45 bits per heavy atom. The SMILES string of the molecule is CC(C)c1ccc([C@@H]2Nc3ccccc3NC3=C2C(=O)C[C@H](c2ccccc2)C3)cc1. The van der Waals surface area contributed by atoms with Crippen LogP contribution in [0.2, 0.25) is 0 Å². The van der Waals surface area contributed by atoms with Crippen molar-refractivity contribution in [1.29, 1.82) is 0 Å². The fraction of sp³-hybridized carbons (Fsp3) is 0.250.